The first kappa shape index (κ1) is 12.4. The van der Waals surface area contributed by atoms with Gasteiger partial charge in [0, 0.05) is 16.8 Å². The van der Waals surface area contributed by atoms with Gasteiger partial charge in [0.2, 0.25) is 0 Å². The molecule has 4 heteroatoms. The molecule has 0 atom stereocenters. The number of carbonyl (C=O) groups excluding carboxylic acids is 1. The molecular weight excluding hydrogens is 257 g/mol. The topological polar surface area (TPSA) is 38.3 Å². The van der Waals surface area contributed by atoms with Crippen LogP contribution in [0.3, 0.4) is 0 Å². The van der Waals surface area contributed by atoms with Crippen molar-refractivity contribution in [2.75, 3.05) is 12.4 Å². The second-order valence-electron chi connectivity index (χ2n) is 4.48. The van der Waals surface area contributed by atoms with E-state index in [0.29, 0.717) is 22.6 Å². The van der Waals surface area contributed by atoms with E-state index in [-0.39, 0.29) is 11.7 Å². The van der Waals surface area contributed by atoms with Crippen LogP contribution in [0.15, 0.2) is 42.5 Å². The number of ether oxygens (including phenoxy) is 1. The number of carbonyl (C=O) groups is 1. The molecule has 0 aromatic heterocycles. The summed E-state index contributed by atoms with van der Waals surface area (Å²) in [5.41, 5.74) is 2.49. The highest BCUT2D eigenvalue weighted by atomic mass is 19.1. The fourth-order valence-corrected chi connectivity index (χ4v) is 2.20. The van der Waals surface area contributed by atoms with Crippen molar-refractivity contribution in [1.82, 2.24) is 0 Å². The van der Waals surface area contributed by atoms with Gasteiger partial charge >= 0.3 is 0 Å². The van der Waals surface area contributed by atoms with Gasteiger partial charge in [-0.2, -0.15) is 0 Å². The minimum absolute atomic E-state index is 0.228. The van der Waals surface area contributed by atoms with Crippen molar-refractivity contribution in [3.05, 3.63) is 59.4 Å². The number of rotatable bonds is 2. The number of methoxy groups -OCH3 is 1. The van der Waals surface area contributed by atoms with E-state index in [1.807, 2.05) is 24.3 Å². The third kappa shape index (κ3) is 2.16. The van der Waals surface area contributed by atoms with Gasteiger partial charge in [-0.25, -0.2) is 4.39 Å². The average Bonchev–Trinajstić information content (AvgIpc) is 2.75. The zero-order valence-corrected chi connectivity index (χ0v) is 10.8. The van der Waals surface area contributed by atoms with Crippen molar-refractivity contribution in [2.45, 2.75) is 0 Å². The third-order valence-electron chi connectivity index (χ3n) is 3.17. The van der Waals surface area contributed by atoms with Gasteiger partial charge in [0.15, 0.2) is 0 Å². The van der Waals surface area contributed by atoms with Gasteiger partial charge in [-0.05, 0) is 42.0 Å². The van der Waals surface area contributed by atoms with Crippen LogP contribution in [0.5, 0.6) is 5.75 Å². The first-order valence-corrected chi connectivity index (χ1v) is 6.14. The lowest BCUT2D eigenvalue weighted by Crippen LogP contribution is -2.03. The number of hydrogen-bond acceptors (Lipinski definition) is 2. The van der Waals surface area contributed by atoms with E-state index < -0.39 is 0 Å². The van der Waals surface area contributed by atoms with Gasteiger partial charge in [0.1, 0.15) is 11.6 Å². The molecule has 1 N–H and O–H groups in total. The van der Waals surface area contributed by atoms with E-state index in [9.17, 15) is 9.18 Å². The van der Waals surface area contributed by atoms with E-state index in [1.165, 1.54) is 12.1 Å². The van der Waals surface area contributed by atoms with Gasteiger partial charge in [-0.1, -0.05) is 12.1 Å². The molecule has 0 spiro atoms. The van der Waals surface area contributed by atoms with Crippen molar-refractivity contribution in [3.8, 4) is 5.75 Å². The Morgan fingerprint density at radius 2 is 2.05 bits per heavy atom. The quantitative estimate of drug-likeness (QED) is 0.849. The summed E-state index contributed by atoms with van der Waals surface area (Å²) >= 11 is 0. The van der Waals surface area contributed by atoms with E-state index in [0.717, 1.165) is 5.56 Å². The van der Waals surface area contributed by atoms with Crippen molar-refractivity contribution >= 4 is 23.2 Å². The summed E-state index contributed by atoms with van der Waals surface area (Å²) in [6.07, 6.45) is 1.73. The SMILES string of the molecule is COc1cccc(/C=C2\C(=O)Nc3ccc(F)cc32)c1. The third-order valence-corrected chi connectivity index (χ3v) is 3.17. The number of benzene rings is 2. The van der Waals surface area contributed by atoms with Gasteiger partial charge in [0.25, 0.3) is 5.91 Å². The van der Waals surface area contributed by atoms with Crippen LogP contribution >= 0.6 is 0 Å². The molecule has 1 amide bonds. The Balaban J connectivity index is 2.08. The molecule has 1 aliphatic heterocycles. The van der Waals surface area contributed by atoms with Crippen LogP contribution in [0.25, 0.3) is 11.6 Å². The van der Waals surface area contributed by atoms with Crippen molar-refractivity contribution < 1.29 is 13.9 Å². The Kier molecular flexibility index (Phi) is 2.99. The van der Waals surface area contributed by atoms with Gasteiger partial charge in [-0.15, -0.1) is 0 Å². The van der Waals surface area contributed by atoms with Crippen LogP contribution < -0.4 is 10.1 Å². The standard InChI is InChI=1S/C16H12FNO2/c1-20-12-4-2-3-10(7-12)8-14-13-9-11(17)5-6-15(13)18-16(14)19/h2-9H,1H3,(H,18,19)/b14-8-. The Bertz CT molecular complexity index is 722. The monoisotopic (exact) mass is 269 g/mol. The summed E-state index contributed by atoms with van der Waals surface area (Å²) in [6.45, 7) is 0. The van der Waals surface area contributed by atoms with Crippen molar-refractivity contribution in [2.24, 2.45) is 0 Å². The maximum atomic E-state index is 13.3. The highest BCUT2D eigenvalue weighted by Gasteiger charge is 2.24. The fourth-order valence-electron chi connectivity index (χ4n) is 2.20. The highest BCUT2D eigenvalue weighted by Crippen LogP contribution is 2.33. The number of amides is 1. The maximum Gasteiger partial charge on any atom is 0.256 e. The predicted octanol–water partition coefficient (Wildman–Crippen LogP) is 3.33. The lowest BCUT2D eigenvalue weighted by molar-refractivity contribution is -0.110. The molecule has 100 valence electrons. The predicted molar refractivity (Wildman–Crippen MR) is 75.9 cm³/mol. The molecule has 0 aliphatic carbocycles. The Morgan fingerprint density at radius 1 is 1.20 bits per heavy atom. The normalized spacial score (nSPS) is 15.1. The molecule has 2 aromatic carbocycles. The lowest BCUT2D eigenvalue weighted by atomic mass is 10.0. The average molecular weight is 269 g/mol. The molecule has 0 unspecified atom stereocenters. The van der Waals surface area contributed by atoms with Crippen LogP contribution in [0.1, 0.15) is 11.1 Å². The van der Waals surface area contributed by atoms with E-state index in [4.69, 9.17) is 4.74 Å². The number of fused-ring (bicyclic) bond motifs is 1. The number of halogens is 1. The summed E-state index contributed by atoms with van der Waals surface area (Å²) < 4.78 is 18.5. The first-order valence-electron chi connectivity index (χ1n) is 6.14. The molecule has 3 nitrogen and oxygen atoms in total. The van der Waals surface area contributed by atoms with Crippen LogP contribution in [-0.2, 0) is 4.79 Å². The molecular formula is C16H12FNO2. The fraction of sp³-hybridized carbons (Fsp3) is 0.0625. The zero-order valence-electron chi connectivity index (χ0n) is 10.8. The molecule has 0 bridgehead atoms. The Morgan fingerprint density at radius 3 is 2.85 bits per heavy atom. The number of nitrogens with one attached hydrogen (secondary N) is 1. The summed E-state index contributed by atoms with van der Waals surface area (Å²) in [5.74, 6) is 0.113. The van der Waals surface area contributed by atoms with Crippen LogP contribution in [0, 0.1) is 5.82 Å². The highest BCUT2D eigenvalue weighted by molar-refractivity contribution is 6.34. The lowest BCUT2D eigenvalue weighted by Gasteiger charge is -2.02. The van der Waals surface area contributed by atoms with Gasteiger partial charge in [-0.3, -0.25) is 4.79 Å². The van der Waals surface area contributed by atoms with E-state index in [2.05, 4.69) is 5.32 Å². The Hall–Kier alpha value is -2.62. The summed E-state index contributed by atoms with van der Waals surface area (Å²) in [7, 11) is 1.58. The largest absolute Gasteiger partial charge is 0.497 e. The van der Waals surface area contributed by atoms with Crippen LogP contribution in [0.4, 0.5) is 10.1 Å². The van der Waals surface area contributed by atoms with Crippen LogP contribution in [0.2, 0.25) is 0 Å². The minimum Gasteiger partial charge on any atom is -0.497 e. The number of hydrogen-bond donors (Lipinski definition) is 1. The van der Waals surface area contributed by atoms with Gasteiger partial charge < -0.3 is 10.1 Å². The minimum atomic E-state index is -0.364. The molecule has 0 saturated heterocycles. The molecule has 1 aliphatic rings. The summed E-state index contributed by atoms with van der Waals surface area (Å²) in [5, 5.41) is 2.72. The molecule has 0 radical (unpaired) electrons. The molecule has 2 aromatic rings. The molecule has 3 rings (SSSR count). The Labute approximate surface area is 115 Å². The molecule has 20 heavy (non-hydrogen) atoms. The molecule has 0 fully saturated rings. The molecule has 1 heterocycles. The van der Waals surface area contributed by atoms with Crippen molar-refractivity contribution in [1.29, 1.82) is 0 Å². The summed E-state index contributed by atoms with van der Waals surface area (Å²) in [6, 6.07) is 11.6. The van der Waals surface area contributed by atoms with Crippen LogP contribution in [-0.4, -0.2) is 13.0 Å². The smallest absolute Gasteiger partial charge is 0.256 e. The second-order valence-corrected chi connectivity index (χ2v) is 4.48. The van der Waals surface area contributed by atoms with Gasteiger partial charge in [0.05, 0.1) is 7.11 Å². The van der Waals surface area contributed by atoms with E-state index in [1.54, 1.807) is 19.3 Å². The molecule has 0 saturated carbocycles. The number of anilines is 1. The summed E-state index contributed by atoms with van der Waals surface area (Å²) in [4.78, 5) is 12.0. The van der Waals surface area contributed by atoms with Crippen molar-refractivity contribution in [3.63, 3.8) is 0 Å². The maximum absolute atomic E-state index is 13.3. The second kappa shape index (κ2) is 4.81. The van der Waals surface area contributed by atoms with E-state index >= 15 is 0 Å². The first-order chi connectivity index (χ1) is 9.67. The zero-order chi connectivity index (χ0) is 14.1.